The van der Waals surface area contributed by atoms with Crippen LogP contribution < -0.4 is 9.47 Å². The second-order valence-corrected chi connectivity index (χ2v) is 8.49. The molecule has 0 atom stereocenters. The molecule has 0 aliphatic rings. The first-order valence-corrected chi connectivity index (χ1v) is 11.2. The molecule has 6 nitrogen and oxygen atoms in total. The zero-order valence-corrected chi connectivity index (χ0v) is 19.8. The number of methoxy groups -OCH3 is 1. The fraction of sp³-hybridized carbons (Fsp3) is 0.0714. The smallest absolute Gasteiger partial charge is 0.336 e. The number of imidazole rings is 1. The van der Waals surface area contributed by atoms with Crippen LogP contribution in [0.4, 0.5) is 0 Å². The van der Waals surface area contributed by atoms with Gasteiger partial charge in [-0.3, -0.25) is 0 Å². The average Bonchev–Trinajstić information content (AvgIpc) is 3.25. The van der Waals surface area contributed by atoms with Gasteiger partial charge in [0.15, 0.2) is 0 Å². The summed E-state index contributed by atoms with van der Waals surface area (Å²) in [5, 5.41) is 9.92. The standard InChI is InChI=1S/C28H21ClN2O4/c1-16-6-11-21(13-22(16)27(32)33)35-28-30-25-14-23(24(29)15-26(25)31-28)18-9-7-17(8-10-18)19-4-3-5-20(12-19)34-2/h3-15H,1-2H3,(H,30,31)(H,32,33). The minimum absolute atomic E-state index is 0.182. The molecule has 1 aromatic heterocycles. The van der Waals surface area contributed by atoms with Crippen molar-refractivity contribution < 1.29 is 19.4 Å². The van der Waals surface area contributed by atoms with E-state index in [2.05, 4.69) is 9.97 Å². The topological polar surface area (TPSA) is 84.4 Å². The number of aromatic amines is 1. The first kappa shape index (κ1) is 22.5. The lowest BCUT2D eigenvalue weighted by atomic mass is 10.00. The lowest BCUT2D eigenvalue weighted by molar-refractivity contribution is 0.0695. The number of hydrogen-bond donors (Lipinski definition) is 2. The van der Waals surface area contributed by atoms with Gasteiger partial charge in [0.25, 0.3) is 6.01 Å². The van der Waals surface area contributed by atoms with E-state index in [1.165, 1.54) is 6.07 Å². The van der Waals surface area contributed by atoms with E-state index < -0.39 is 5.97 Å². The van der Waals surface area contributed by atoms with E-state index in [9.17, 15) is 9.90 Å². The van der Waals surface area contributed by atoms with Crippen molar-refractivity contribution in [3.05, 3.63) is 95.0 Å². The summed E-state index contributed by atoms with van der Waals surface area (Å²) in [4.78, 5) is 19.0. The Morgan fingerprint density at radius 3 is 2.43 bits per heavy atom. The number of fused-ring (bicyclic) bond motifs is 1. The Hall–Kier alpha value is -4.29. The molecule has 0 saturated heterocycles. The van der Waals surface area contributed by atoms with Crippen molar-refractivity contribution in [2.75, 3.05) is 7.11 Å². The fourth-order valence-corrected chi connectivity index (χ4v) is 4.20. The minimum Gasteiger partial charge on any atom is -0.497 e. The van der Waals surface area contributed by atoms with E-state index in [4.69, 9.17) is 21.1 Å². The van der Waals surface area contributed by atoms with Crippen molar-refractivity contribution in [2.24, 2.45) is 0 Å². The number of carbonyl (C=O) groups is 1. The number of carboxylic acids is 1. The van der Waals surface area contributed by atoms with E-state index in [1.807, 2.05) is 54.6 Å². The van der Waals surface area contributed by atoms with E-state index in [1.54, 1.807) is 32.2 Å². The Bertz CT molecular complexity index is 1560. The monoisotopic (exact) mass is 484 g/mol. The molecular weight excluding hydrogens is 464 g/mol. The first-order valence-electron chi connectivity index (χ1n) is 10.9. The molecule has 0 aliphatic heterocycles. The van der Waals surface area contributed by atoms with Crippen molar-refractivity contribution >= 4 is 28.6 Å². The van der Waals surface area contributed by atoms with Crippen LogP contribution in [-0.2, 0) is 0 Å². The quantitative estimate of drug-likeness (QED) is 0.263. The van der Waals surface area contributed by atoms with Gasteiger partial charge >= 0.3 is 5.97 Å². The Balaban J connectivity index is 1.44. The predicted molar refractivity (Wildman–Crippen MR) is 137 cm³/mol. The number of benzene rings is 4. The molecule has 0 aliphatic carbocycles. The number of carboxylic acid groups (broad SMARTS) is 1. The molecule has 2 N–H and O–H groups in total. The number of aromatic nitrogens is 2. The largest absolute Gasteiger partial charge is 0.497 e. The first-order chi connectivity index (χ1) is 16.9. The van der Waals surface area contributed by atoms with Crippen molar-refractivity contribution in [3.63, 3.8) is 0 Å². The number of H-pyrrole nitrogens is 1. The normalized spacial score (nSPS) is 10.9. The lowest BCUT2D eigenvalue weighted by Gasteiger charge is -2.08. The molecule has 5 rings (SSSR count). The maximum absolute atomic E-state index is 11.4. The maximum atomic E-state index is 11.4. The van der Waals surface area contributed by atoms with Crippen LogP contribution in [0.15, 0.2) is 78.9 Å². The number of nitrogens with zero attached hydrogens (tertiary/aromatic N) is 1. The molecule has 0 bridgehead atoms. The summed E-state index contributed by atoms with van der Waals surface area (Å²) in [5.74, 6) is 0.180. The van der Waals surface area contributed by atoms with E-state index >= 15 is 0 Å². The Morgan fingerprint density at radius 1 is 0.914 bits per heavy atom. The number of halogens is 1. The third-order valence-electron chi connectivity index (χ3n) is 5.80. The number of hydrogen-bond acceptors (Lipinski definition) is 4. The van der Waals surface area contributed by atoms with Crippen molar-refractivity contribution in [2.45, 2.75) is 6.92 Å². The number of ether oxygens (including phenoxy) is 2. The Kier molecular flexibility index (Phi) is 5.89. The van der Waals surface area contributed by atoms with Crippen LogP contribution in [0.3, 0.4) is 0 Å². The molecule has 0 radical (unpaired) electrons. The highest BCUT2D eigenvalue weighted by atomic mass is 35.5. The number of aryl methyl sites for hydroxylation is 1. The van der Waals surface area contributed by atoms with Gasteiger partial charge in [-0.2, -0.15) is 4.98 Å². The van der Waals surface area contributed by atoms with Gasteiger partial charge in [0.2, 0.25) is 0 Å². The highest BCUT2D eigenvalue weighted by Gasteiger charge is 2.13. The van der Waals surface area contributed by atoms with Crippen LogP contribution in [0.1, 0.15) is 15.9 Å². The fourth-order valence-electron chi connectivity index (χ4n) is 3.93. The molecule has 0 fully saturated rings. The molecular formula is C28H21ClN2O4. The van der Waals surface area contributed by atoms with Crippen LogP contribution in [0.5, 0.6) is 17.5 Å². The molecule has 0 saturated carbocycles. The Labute approximate surface area is 206 Å². The SMILES string of the molecule is COc1cccc(-c2ccc(-c3cc4nc(Oc5ccc(C)c(C(=O)O)c5)[nH]c4cc3Cl)cc2)c1. The Morgan fingerprint density at radius 2 is 1.69 bits per heavy atom. The number of rotatable bonds is 6. The van der Waals surface area contributed by atoms with Crippen molar-refractivity contribution in [3.8, 4) is 39.8 Å². The summed E-state index contributed by atoms with van der Waals surface area (Å²) in [5.41, 5.74) is 6.17. The molecule has 35 heavy (non-hydrogen) atoms. The second-order valence-electron chi connectivity index (χ2n) is 8.08. The van der Waals surface area contributed by atoms with Gasteiger partial charge in [-0.15, -0.1) is 0 Å². The van der Waals surface area contributed by atoms with E-state index in [-0.39, 0.29) is 11.6 Å². The minimum atomic E-state index is -1.01. The van der Waals surface area contributed by atoms with E-state index in [0.29, 0.717) is 27.4 Å². The molecule has 0 amide bonds. The van der Waals surface area contributed by atoms with Gasteiger partial charge in [0.05, 0.1) is 28.7 Å². The summed E-state index contributed by atoms with van der Waals surface area (Å²) in [7, 11) is 1.65. The molecule has 1 heterocycles. The van der Waals surface area contributed by atoms with Gasteiger partial charge < -0.3 is 19.6 Å². The molecule has 174 valence electrons. The van der Waals surface area contributed by atoms with Gasteiger partial charge in [-0.1, -0.05) is 54.1 Å². The highest BCUT2D eigenvalue weighted by Crippen LogP contribution is 2.34. The zero-order chi connectivity index (χ0) is 24.5. The van der Waals surface area contributed by atoms with Crippen LogP contribution >= 0.6 is 11.6 Å². The van der Waals surface area contributed by atoms with Gasteiger partial charge in [-0.25, -0.2) is 4.79 Å². The van der Waals surface area contributed by atoms with Crippen molar-refractivity contribution in [1.82, 2.24) is 9.97 Å². The van der Waals surface area contributed by atoms with Gasteiger partial charge in [-0.05, 0) is 65.6 Å². The maximum Gasteiger partial charge on any atom is 0.336 e. The molecule has 0 unspecified atom stereocenters. The number of aromatic carboxylic acids is 1. The van der Waals surface area contributed by atoms with Crippen LogP contribution in [0.25, 0.3) is 33.3 Å². The van der Waals surface area contributed by atoms with Crippen LogP contribution in [0, 0.1) is 6.92 Å². The van der Waals surface area contributed by atoms with Crippen LogP contribution in [-0.4, -0.2) is 28.2 Å². The summed E-state index contributed by atoms with van der Waals surface area (Å²) in [6.07, 6.45) is 0. The average molecular weight is 485 g/mol. The van der Waals surface area contributed by atoms with Gasteiger partial charge in [0, 0.05) is 5.56 Å². The molecule has 4 aromatic carbocycles. The number of nitrogens with one attached hydrogen (secondary N) is 1. The molecule has 5 aromatic rings. The molecule has 0 spiro atoms. The zero-order valence-electron chi connectivity index (χ0n) is 19.0. The van der Waals surface area contributed by atoms with Crippen LogP contribution in [0.2, 0.25) is 5.02 Å². The van der Waals surface area contributed by atoms with Crippen molar-refractivity contribution in [1.29, 1.82) is 0 Å². The summed E-state index contributed by atoms with van der Waals surface area (Å²) < 4.78 is 11.1. The van der Waals surface area contributed by atoms with Gasteiger partial charge in [0.1, 0.15) is 11.5 Å². The second kappa shape index (κ2) is 9.16. The lowest BCUT2D eigenvalue weighted by Crippen LogP contribution is -2.00. The molecule has 7 heteroatoms. The summed E-state index contributed by atoms with van der Waals surface area (Å²) in [6.45, 7) is 1.74. The highest BCUT2D eigenvalue weighted by molar-refractivity contribution is 6.34. The van der Waals surface area contributed by atoms with E-state index in [0.717, 1.165) is 28.0 Å². The summed E-state index contributed by atoms with van der Waals surface area (Å²) >= 11 is 6.61. The third-order valence-corrected chi connectivity index (χ3v) is 6.11. The predicted octanol–water partition coefficient (Wildman–Crippen LogP) is 7.36. The third kappa shape index (κ3) is 4.56. The summed E-state index contributed by atoms with van der Waals surface area (Å²) in [6, 6.07) is 24.9.